The lowest BCUT2D eigenvalue weighted by atomic mass is 10.3. The van der Waals surface area contributed by atoms with Crippen LogP contribution in [0.4, 0.5) is 0 Å². The molecule has 0 saturated heterocycles. The van der Waals surface area contributed by atoms with Crippen molar-refractivity contribution in [2.45, 2.75) is 26.8 Å². The van der Waals surface area contributed by atoms with Crippen molar-refractivity contribution in [3.8, 4) is 0 Å². The number of aryl methyl sites for hydroxylation is 2. The Morgan fingerprint density at radius 2 is 2.10 bits per heavy atom. The third-order valence-electron chi connectivity index (χ3n) is 3.00. The topological polar surface area (TPSA) is 49.3 Å². The Hall–Kier alpha value is -1.11. The van der Waals surface area contributed by atoms with Crippen LogP contribution in [0.5, 0.6) is 0 Å². The Bertz CT molecular complexity index is 599. The maximum atomic E-state index is 5.92. The van der Waals surface area contributed by atoms with Gasteiger partial charge in [0.05, 0.1) is 16.6 Å². The number of aromatic nitrogens is 1. The summed E-state index contributed by atoms with van der Waals surface area (Å²) < 4.78 is 0.835. The van der Waals surface area contributed by atoms with E-state index in [4.69, 9.17) is 11.6 Å². The van der Waals surface area contributed by atoms with Crippen molar-refractivity contribution in [3.63, 3.8) is 0 Å². The number of hydrogen-bond donors (Lipinski definition) is 2. The van der Waals surface area contributed by atoms with E-state index in [2.05, 4.69) is 33.6 Å². The molecule has 0 atom stereocenters. The molecule has 2 aromatic rings. The number of rotatable bonds is 5. The van der Waals surface area contributed by atoms with Crippen LogP contribution in [-0.4, -0.2) is 24.5 Å². The molecule has 0 aliphatic carbocycles. The number of thiophene rings is 1. The van der Waals surface area contributed by atoms with Gasteiger partial charge in [0.2, 0.25) is 0 Å². The van der Waals surface area contributed by atoms with Crippen molar-refractivity contribution in [2.75, 3.05) is 13.6 Å². The number of guanidine groups is 1. The summed E-state index contributed by atoms with van der Waals surface area (Å²) in [4.78, 5) is 11.3. The molecule has 0 spiro atoms. The maximum absolute atomic E-state index is 5.92. The predicted molar refractivity (Wildman–Crippen MR) is 92.8 cm³/mol. The number of nitrogens with one attached hydrogen (secondary N) is 2. The smallest absolute Gasteiger partial charge is 0.191 e. The maximum Gasteiger partial charge on any atom is 0.191 e. The van der Waals surface area contributed by atoms with Crippen LogP contribution in [0.15, 0.2) is 17.1 Å². The second-order valence-corrected chi connectivity index (χ2v) is 7.64. The Morgan fingerprint density at radius 3 is 2.67 bits per heavy atom. The third kappa shape index (κ3) is 4.98. The van der Waals surface area contributed by atoms with Crippen molar-refractivity contribution in [1.29, 1.82) is 0 Å². The SMILES string of the molecule is CN=C(NCCc1ccc(Cl)s1)NCc1nc(C)c(C)s1. The van der Waals surface area contributed by atoms with Crippen LogP contribution < -0.4 is 10.6 Å². The van der Waals surface area contributed by atoms with Crippen LogP contribution >= 0.6 is 34.3 Å². The summed E-state index contributed by atoms with van der Waals surface area (Å²) in [5.74, 6) is 0.795. The molecule has 21 heavy (non-hydrogen) atoms. The van der Waals surface area contributed by atoms with E-state index in [0.29, 0.717) is 6.54 Å². The fourth-order valence-corrected chi connectivity index (χ4v) is 3.75. The molecule has 0 bridgehead atoms. The van der Waals surface area contributed by atoms with E-state index in [9.17, 15) is 0 Å². The van der Waals surface area contributed by atoms with E-state index in [1.807, 2.05) is 13.0 Å². The van der Waals surface area contributed by atoms with Gasteiger partial charge in [0, 0.05) is 23.3 Å². The van der Waals surface area contributed by atoms with Gasteiger partial charge in [-0.15, -0.1) is 22.7 Å². The van der Waals surface area contributed by atoms with E-state index in [1.54, 1.807) is 29.7 Å². The first kappa shape index (κ1) is 16.3. The quantitative estimate of drug-likeness (QED) is 0.647. The van der Waals surface area contributed by atoms with Gasteiger partial charge < -0.3 is 10.6 Å². The minimum Gasteiger partial charge on any atom is -0.356 e. The van der Waals surface area contributed by atoms with Gasteiger partial charge in [-0.3, -0.25) is 4.99 Å². The summed E-state index contributed by atoms with van der Waals surface area (Å²) in [6.45, 7) is 5.65. The highest BCUT2D eigenvalue weighted by molar-refractivity contribution is 7.16. The molecule has 2 N–H and O–H groups in total. The molecule has 0 amide bonds. The van der Waals surface area contributed by atoms with Crippen LogP contribution in [0.2, 0.25) is 4.34 Å². The first-order valence-electron chi connectivity index (χ1n) is 6.70. The highest BCUT2D eigenvalue weighted by atomic mass is 35.5. The molecule has 0 radical (unpaired) electrons. The Kier molecular flexibility index (Phi) is 6.02. The average Bonchev–Trinajstić information content (AvgIpc) is 3.00. The summed E-state index contributed by atoms with van der Waals surface area (Å²) in [6, 6.07) is 3.99. The molecule has 4 nitrogen and oxygen atoms in total. The molecule has 0 fully saturated rings. The van der Waals surface area contributed by atoms with E-state index < -0.39 is 0 Å². The van der Waals surface area contributed by atoms with E-state index in [1.165, 1.54) is 9.75 Å². The second kappa shape index (κ2) is 7.77. The van der Waals surface area contributed by atoms with Gasteiger partial charge in [-0.1, -0.05) is 11.6 Å². The summed E-state index contributed by atoms with van der Waals surface area (Å²) in [5.41, 5.74) is 1.11. The molecule has 7 heteroatoms. The van der Waals surface area contributed by atoms with Crippen LogP contribution in [0.1, 0.15) is 20.5 Å². The Morgan fingerprint density at radius 1 is 1.29 bits per heavy atom. The van der Waals surface area contributed by atoms with Crippen LogP contribution in [0, 0.1) is 13.8 Å². The lowest BCUT2D eigenvalue weighted by molar-refractivity contribution is 0.795. The zero-order chi connectivity index (χ0) is 15.2. The highest BCUT2D eigenvalue weighted by Crippen LogP contribution is 2.21. The van der Waals surface area contributed by atoms with Gasteiger partial charge in [-0.25, -0.2) is 4.98 Å². The minimum absolute atomic E-state index is 0.698. The predicted octanol–water partition coefficient (Wildman–Crippen LogP) is 3.38. The Balaban J connectivity index is 1.75. The number of hydrogen-bond acceptors (Lipinski definition) is 4. The summed E-state index contributed by atoms with van der Waals surface area (Å²) in [7, 11) is 1.77. The molecule has 2 aromatic heterocycles. The molecule has 0 aliphatic rings. The lowest BCUT2D eigenvalue weighted by Crippen LogP contribution is -2.37. The first-order valence-corrected chi connectivity index (χ1v) is 8.71. The monoisotopic (exact) mass is 342 g/mol. The fourth-order valence-electron chi connectivity index (χ4n) is 1.78. The van der Waals surface area contributed by atoms with Crippen LogP contribution in [0.25, 0.3) is 0 Å². The van der Waals surface area contributed by atoms with Crippen LogP contribution in [-0.2, 0) is 13.0 Å². The van der Waals surface area contributed by atoms with Gasteiger partial charge >= 0.3 is 0 Å². The number of aliphatic imine (C=N–C) groups is 1. The molecule has 0 unspecified atom stereocenters. The Labute approximate surface area is 138 Å². The zero-order valence-electron chi connectivity index (χ0n) is 12.4. The van der Waals surface area contributed by atoms with Crippen molar-refractivity contribution < 1.29 is 0 Å². The van der Waals surface area contributed by atoms with E-state index in [0.717, 1.165) is 34.0 Å². The number of nitrogens with zero attached hydrogens (tertiary/aromatic N) is 2. The zero-order valence-corrected chi connectivity index (χ0v) is 14.8. The van der Waals surface area contributed by atoms with E-state index in [-0.39, 0.29) is 0 Å². The number of halogens is 1. The first-order chi connectivity index (χ1) is 10.1. The largest absolute Gasteiger partial charge is 0.356 e. The van der Waals surface area contributed by atoms with Crippen LogP contribution in [0.3, 0.4) is 0 Å². The second-order valence-electron chi connectivity index (χ2n) is 4.56. The number of thiazole rings is 1. The molecule has 0 aliphatic heterocycles. The molecule has 114 valence electrons. The lowest BCUT2D eigenvalue weighted by Gasteiger charge is -2.10. The molecular weight excluding hydrogens is 324 g/mol. The van der Waals surface area contributed by atoms with Gasteiger partial charge in [0.25, 0.3) is 0 Å². The van der Waals surface area contributed by atoms with Gasteiger partial charge in [-0.05, 0) is 32.4 Å². The third-order valence-corrected chi connectivity index (χ3v) is 5.36. The molecular formula is C14H19ClN4S2. The van der Waals surface area contributed by atoms with Gasteiger partial charge in [0.1, 0.15) is 5.01 Å². The molecule has 0 aromatic carbocycles. The van der Waals surface area contributed by atoms with E-state index >= 15 is 0 Å². The normalized spacial score (nSPS) is 11.7. The molecule has 2 rings (SSSR count). The molecule has 0 saturated carbocycles. The highest BCUT2D eigenvalue weighted by Gasteiger charge is 2.05. The van der Waals surface area contributed by atoms with Crippen molar-refractivity contribution in [2.24, 2.45) is 4.99 Å². The van der Waals surface area contributed by atoms with Crippen molar-refractivity contribution in [3.05, 3.63) is 36.9 Å². The van der Waals surface area contributed by atoms with Crippen molar-refractivity contribution >= 4 is 40.2 Å². The minimum atomic E-state index is 0.698. The standard InChI is InChI=1S/C14H19ClN4S2/c1-9-10(2)20-13(19-9)8-18-14(16-3)17-7-6-11-4-5-12(15)21-11/h4-5H,6-8H2,1-3H3,(H2,16,17,18). The van der Waals surface area contributed by atoms with Gasteiger partial charge in [0.15, 0.2) is 5.96 Å². The fraction of sp³-hybridized carbons (Fsp3) is 0.429. The summed E-state index contributed by atoms with van der Waals surface area (Å²) >= 11 is 9.26. The summed E-state index contributed by atoms with van der Waals surface area (Å²) in [6.07, 6.45) is 0.938. The summed E-state index contributed by atoms with van der Waals surface area (Å²) in [5, 5.41) is 7.66. The van der Waals surface area contributed by atoms with Gasteiger partial charge in [-0.2, -0.15) is 0 Å². The average molecular weight is 343 g/mol. The van der Waals surface area contributed by atoms with Crippen molar-refractivity contribution in [1.82, 2.24) is 15.6 Å². The molecule has 2 heterocycles.